The Morgan fingerprint density at radius 1 is 1.28 bits per heavy atom. The highest BCUT2D eigenvalue weighted by molar-refractivity contribution is 9.10. The molecule has 1 aliphatic rings. The molecule has 1 aromatic carbocycles. The first kappa shape index (κ1) is 13.6. The van der Waals surface area contributed by atoms with Crippen LogP contribution in [0.3, 0.4) is 0 Å². The van der Waals surface area contributed by atoms with Crippen LogP contribution in [0.15, 0.2) is 28.7 Å². The van der Waals surface area contributed by atoms with Crippen LogP contribution in [0.1, 0.15) is 38.5 Å². The molecule has 0 atom stereocenters. The third-order valence-electron chi connectivity index (χ3n) is 3.47. The molecule has 1 saturated carbocycles. The van der Waals surface area contributed by atoms with Gasteiger partial charge in [0.25, 0.3) is 0 Å². The minimum absolute atomic E-state index is 0.296. The number of hydrogen-bond donors (Lipinski definition) is 0. The third-order valence-corrected chi connectivity index (χ3v) is 3.97. The molecule has 2 rings (SSSR count). The highest BCUT2D eigenvalue weighted by Gasteiger charge is 2.20. The summed E-state index contributed by atoms with van der Waals surface area (Å²) in [5, 5.41) is 0. The number of benzene rings is 1. The standard InChI is InChI=1S/C15H19BrO2/c16-13-7-4-8-14(11-13)18-10-9-15(17)12-5-2-1-3-6-12/h4,7-8,11-12H,1-3,5-6,9-10H2. The van der Waals surface area contributed by atoms with Crippen molar-refractivity contribution in [2.24, 2.45) is 5.92 Å². The van der Waals surface area contributed by atoms with E-state index in [4.69, 9.17) is 4.74 Å². The monoisotopic (exact) mass is 310 g/mol. The van der Waals surface area contributed by atoms with E-state index in [0.29, 0.717) is 24.7 Å². The lowest BCUT2D eigenvalue weighted by molar-refractivity contribution is -0.124. The lowest BCUT2D eigenvalue weighted by Crippen LogP contribution is -2.19. The van der Waals surface area contributed by atoms with Crippen LogP contribution in [0.4, 0.5) is 0 Å². The zero-order valence-corrected chi connectivity index (χ0v) is 12.1. The highest BCUT2D eigenvalue weighted by atomic mass is 79.9. The third kappa shape index (κ3) is 4.13. The van der Waals surface area contributed by atoms with E-state index < -0.39 is 0 Å². The number of carbonyl (C=O) groups is 1. The summed E-state index contributed by atoms with van der Waals surface area (Å²) in [6.07, 6.45) is 6.41. The Hall–Kier alpha value is -0.830. The lowest BCUT2D eigenvalue weighted by Gasteiger charge is -2.20. The van der Waals surface area contributed by atoms with Crippen LogP contribution < -0.4 is 4.74 Å². The van der Waals surface area contributed by atoms with Crippen LogP contribution >= 0.6 is 15.9 Å². The number of halogens is 1. The molecule has 0 aliphatic heterocycles. The zero-order chi connectivity index (χ0) is 12.8. The van der Waals surface area contributed by atoms with Crippen molar-refractivity contribution in [2.45, 2.75) is 38.5 Å². The molecule has 1 fully saturated rings. The van der Waals surface area contributed by atoms with Crippen LogP contribution in [-0.4, -0.2) is 12.4 Å². The molecule has 1 aromatic rings. The molecular formula is C15H19BrO2. The number of hydrogen-bond acceptors (Lipinski definition) is 2. The van der Waals surface area contributed by atoms with Crippen molar-refractivity contribution in [3.8, 4) is 5.75 Å². The molecule has 18 heavy (non-hydrogen) atoms. The first-order valence-electron chi connectivity index (χ1n) is 6.67. The Labute approximate surface area is 117 Å². The molecular weight excluding hydrogens is 292 g/mol. The molecule has 0 bridgehead atoms. The van der Waals surface area contributed by atoms with Gasteiger partial charge in [0.1, 0.15) is 11.5 Å². The summed E-state index contributed by atoms with van der Waals surface area (Å²) in [5.41, 5.74) is 0. The van der Waals surface area contributed by atoms with E-state index in [-0.39, 0.29) is 0 Å². The van der Waals surface area contributed by atoms with Gasteiger partial charge in [0.2, 0.25) is 0 Å². The Morgan fingerprint density at radius 2 is 2.06 bits per heavy atom. The van der Waals surface area contributed by atoms with Crippen molar-refractivity contribution in [2.75, 3.05) is 6.61 Å². The molecule has 0 aromatic heterocycles. The van der Waals surface area contributed by atoms with E-state index in [1.165, 1.54) is 19.3 Å². The summed E-state index contributed by atoms with van der Waals surface area (Å²) in [4.78, 5) is 12.0. The molecule has 1 aliphatic carbocycles. The van der Waals surface area contributed by atoms with E-state index >= 15 is 0 Å². The topological polar surface area (TPSA) is 26.3 Å². The minimum atomic E-state index is 0.296. The fourth-order valence-electron chi connectivity index (χ4n) is 2.45. The molecule has 0 radical (unpaired) electrons. The maximum Gasteiger partial charge on any atom is 0.139 e. The SMILES string of the molecule is O=C(CCOc1cccc(Br)c1)C1CCCCC1. The summed E-state index contributed by atoms with van der Waals surface area (Å²) in [6.45, 7) is 0.492. The number of ether oxygens (including phenoxy) is 1. The van der Waals surface area contributed by atoms with Crippen molar-refractivity contribution in [3.63, 3.8) is 0 Å². The molecule has 0 amide bonds. The Bertz CT molecular complexity index is 397. The van der Waals surface area contributed by atoms with Gasteiger partial charge in [-0.15, -0.1) is 0 Å². The van der Waals surface area contributed by atoms with Gasteiger partial charge in [0.05, 0.1) is 6.61 Å². The van der Waals surface area contributed by atoms with E-state index in [0.717, 1.165) is 23.1 Å². The second-order valence-corrected chi connectivity index (χ2v) is 5.77. The summed E-state index contributed by atoms with van der Waals surface area (Å²) in [6, 6.07) is 7.73. The normalized spacial score (nSPS) is 16.5. The molecule has 2 nitrogen and oxygen atoms in total. The van der Waals surface area contributed by atoms with Crippen molar-refractivity contribution >= 4 is 21.7 Å². The maximum absolute atomic E-state index is 12.0. The van der Waals surface area contributed by atoms with Gasteiger partial charge in [0.15, 0.2) is 0 Å². The first-order chi connectivity index (χ1) is 8.75. The van der Waals surface area contributed by atoms with Gasteiger partial charge in [-0.05, 0) is 31.0 Å². The molecule has 0 spiro atoms. The molecule has 0 unspecified atom stereocenters. The van der Waals surface area contributed by atoms with Crippen molar-refractivity contribution < 1.29 is 9.53 Å². The van der Waals surface area contributed by atoms with E-state index in [1.54, 1.807) is 0 Å². The van der Waals surface area contributed by atoms with Gasteiger partial charge < -0.3 is 4.74 Å². The predicted molar refractivity (Wildman–Crippen MR) is 75.8 cm³/mol. The van der Waals surface area contributed by atoms with E-state index in [1.807, 2.05) is 24.3 Å². The second kappa shape index (κ2) is 6.93. The van der Waals surface area contributed by atoms with Gasteiger partial charge in [-0.2, -0.15) is 0 Å². The number of carbonyl (C=O) groups excluding carboxylic acids is 1. The zero-order valence-electron chi connectivity index (χ0n) is 10.5. The second-order valence-electron chi connectivity index (χ2n) is 4.86. The molecule has 0 saturated heterocycles. The fourth-order valence-corrected chi connectivity index (χ4v) is 2.83. The maximum atomic E-state index is 12.0. The number of rotatable bonds is 5. The Kier molecular flexibility index (Phi) is 5.24. The predicted octanol–water partition coefficient (Wildman–Crippen LogP) is 4.37. The lowest BCUT2D eigenvalue weighted by atomic mass is 9.85. The van der Waals surface area contributed by atoms with Gasteiger partial charge in [-0.3, -0.25) is 4.79 Å². The summed E-state index contributed by atoms with van der Waals surface area (Å²) in [5.74, 6) is 1.50. The van der Waals surface area contributed by atoms with Crippen LogP contribution in [0.2, 0.25) is 0 Å². The fraction of sp³-hybridized carbons (Fsp3) is 0.533. The van der Waals surface area contributed by atoms with Crippen molar-refractivity contribution in [1.29, 1.82) is 0 Å². The van der Waals surface area contributed by atoms with E-state index in [9.17, 15) is 4.79 Å². The van der Waals surface area contributed by atoms with Gasteiger partial charge in [0, 0.05) is 16.8 Å². The summed E-state index contributed by atoms with van der Waals surface area (Å²) in [7, 11) is 0. The Morgan fingerprint density at radius 3 is 2.78 bits per heavy atom. The number of ketones is 1. The van der Waals surface area contributed by atoms with Crippen LogP contribution in [0.5, 0.6) is 5.75 Å². The van der Waals surface area contributed by atoms with Crippen LogP contribution in [-0.2, 0) is 4.79 Å². The Balaban J connectivity index is 1.73. The van der Waals surface area contributed by atoms with E-state index in [2.05, 4.69) is 15.9 Å². The van der Waals surface area contributed by atoms with Gasteiger partial charge in [-0.1, -0.05) is 41.3 Å². The minimum Gasteiger partial charge on any atom is -0.493 e. The quantitative estimate of drug-likeness (QED) is 0.807. The molecule has 98 valence electrons. The summed E-state index contributed by atoms with van der Waals surface area (Å²) < 4.78 is 6.60. The summed E-state index contributed by atoms with van der Waals surface area (Å²) >= 11 is 3.40. The average Bonchev–Trinajstić information content (AvgIpc) is 2.40. The first-order valence-corrected chi connectivity index (χ1v) is 7.46. The van der Waals surface area contributed by atoms with Crippen molar-refractivity contribution in [3.05, 3.63) is 28.7 Å². The highest BCUT2D eigenvalue weighted by Crippen LogP contribution is 2.25. The van der Waals surface area contributed by atoms with Gasteiger partial charge in [-0.25, -0.2) is 0 Å². The van der Waals surface area contributed by atoms with Crippen LogP contribution in [0, 0.1) is 5.92 Å². The van der Waals surface area contributed by atoms with Crippen LogP contribution in [0.25, 0.3) is 0 Å². The number of Topliss-reactive ketones (excluding diaryl/α,β-unsaturated/α-hetero) is 1. The van der Waals surface area contributed by atoms with Gasteiger partial charge >= 0.3 is 0 Å². The molecule has 0 N–H and O–H groups in total. The smallest absolute Gasteiger partial charge is 0.139 e. The molecule has 3 heteroatoms. The molecule has 0 heterocycles. The van der Waals surface area contributed by atoms with Crippen molar-refractivity contribution in [1.82, 2.24) is 0 Å². The largest absolute Gasteiger partial charge is 0.493 e. The average molecular weight is 311 g/mol.